The molecule has 0 atom stereocenters. The van der Waals surface area contributed by atoms with E-state index < -0.39 is 0 Å². The number of benzene rings is 1. The van der Waals surface area contributed by atoms with Crippen LogP contribution in [0.2, 0.25) is 0 Å². The number of ether oxygens (including phenoxy) is 1. The number of nitrogens with zero attached hydrogens (tertiary/aromatic N) is 1. The predicted octanol–water partition coefficient (Wildman–Crippen LogP) is 3.96. The molecule has 0 fully saturated rings. The molecule has 100 valence electrons. The molecule has 0 radical (unpaired) electrons. The molecular weight excluding hydrogens is 306 g/mol. The van der Waals surface area contributed by atoms with Crippen LogP contribution in [0.3, 0.4) is 0 Å². The van der Waals surface area contributed by atoms with Gasteiger partial charge in [0.2, 0.25) is 0 Å². The summed E-state index contributed by atoms with van der Waals surface area (Å²) in [6, 6.07) is 7.75. The predicted molar refractivity (Wildman–Crippen MR) is 81.8 cm³/mol. The first-order chi connectivity index (χ1) is 9.06. The quantitative estimate of drug-likeness (QED) is 0.894. The van der Waals surface area contributed by atoms with Crippen molar-refractivity contribution >= 4 is 33.0 Å². The molecule has 2 aromatic rings. The fourth-order valence-corrected chi connectivity index (χ4v) is 2.06. The highest BCUT2D eigenvalue weighted by molar-refractivity contribution is 9.10. The average molecular weight is 322 g/mol. The Hall–Kier alpha value is -1.75. The first kappa shape index (κ1) is 13.7. The van der Waals surface area contributed by atoms with E-state index >= 15 is 0 Å². The molecule has 0 saturated heterocycles. The Morgan fingerprint density at radius 3 is 2.47 bits per heavy atom. The van der Waals surface area contributed by atoms with E-state index in [9.17, 15) is 0 Å². The van der Waals surface area contributed by atoms with E-state index in [1.807, 2.05) is 38.1 Å². The maximum atomic E-state index is 5.89. The molecule has 0 bridgehead atoms. The Balaban J connectivity index is 2.15. The van der Waals surface area contributed by atoms with Gasteiger partial charge in [0.05, 0.1) is 28.1 Å². The molecule has 1 aromatic carbocycles. The topological polar surface area (TPSA) is 60.2 Å². The van der Waals surface area contributed by atoms with Crippen molar-refractivity contribution in [3.05, 3.63) is 41.1 Å². The molecule has 1 heterocycles. The van der Waals surface area contributed by atoms with Crippen LogP contribution in [0, 0.1) is 0 Å². The zero-order chi connectivity index (χ0) is 13.8. The van der Waals surface area contributed by atoms with Crippen molar-refractivity contribution in [1.82, 2.24) is 4.98 Å². The third-order valence-corrected chi connectivity index (χ3v) is 3.03. The molecule has 1 aromatic heterocycles. The van der Waals surface area contributed by atoms with E-state index in [0.29, 0.717) is 5.69 Å². The average Bonchev–Trinajstić information content (AvgIpc) is 2.35. The SMILES string of the molecule is CC(C)Oc1ccc(Nc2c(N)cncc2Br)cc1. The Morgan fingerprint density at radius 1 is 1.21 bits per heavy atom. The zero-order valence-electron chi connectivity index (χ0n) is 10.9. The first-order valence-corrected chi connectivity index (χ1v) is 6.78. The molecule has 2 rings (SSSR count). The molecule has 3 N–H and O–H groups in total. The number of hydrogen-bond donors (Lipinski definition) is 2. The van der Waals surface area contributed by atoms with Crippen LogP contribution < -0.4 is 15.8 Å². The second kappa shape index (κ2) is 5.93. The van der Waals surface area contributed by atoms with Crippen molar-refractivity contribution in [3.63, 3.8) is 0 Å². The van der Waals surface area contributed by atoms with Crippen molar-refractivity contribution in [2.75, 3.05) is 11.1 Å². The highest BCUT2D eigenvalue weighted by Gasteiger charge is 2.05. The summed E-state index contributed by atoms with van der Waals surface area (Å²) in [6.45, 7) is 4.00. The van der Waals surface area contributed by atoms with Gasteiger partial charge in [0.25, 0.3) is 0 Å². The maximum absolute atomic E-state index is 5.89. The number of nitrogens with one attached hydrogen (secondary N) is 1. The van der Waals surface area contributed by atoms with Crippen molar-refractivity contribution in [2.24, 2.45) is 0 Å². The van der Waals surface area contributed by atoms with Crippen molar-refractivity contribution < 1.29 is 4.74 Å². The van der Waals surface area contributed by atoms with Crippen molar-refractivity contribution in [3.8, 4) is 5.75 Å². The van der Waals surface area contributed by atoms with Crippen LogP contribution in [0.25, 0.3) is 0 Å². The van der Waals surface area contributed by atoms with Gasteiger partial charge in [-0.3, -0.25) is 4.98 Å². The van der Waals surface area contributed by atoms with Gasteiger partial charge >= 0.3 is 0 Å². The van der Waals surface area contributed by atoms with Gasteiger partial charge in [0, 0.05) is 11.9 Å². The fraction of sp³-hybridized carbons (Fsp3) is 0.214. The first-order valence-electron chi connectivity index (χ1n) is 5.99. The highest BCUT2D eigenvalue weighted by atomic mass is 79.9. The van der Waals surface area contributed by atoms with E-state index in [1.54, 1.807) is 12.4 Å². The molecule has 0 aliphatic rings. The Kier molecular flexibility index (Phi) is 4.27. The third-order valence-electron chi connectivity index (χ3n) is 2.42. The standard InChI is InChI=1S/C14H16BrN3O/c1-9(2)19-11-5-3-10(4-6-11)18-14-12(15)7-17-8-13(14)16/h3-9H,16H2,1-2H3,(H,17,18). The monoisotopic (exact) mass is 321 g/mol. The summed E-state index contributed by atoms with van der Waals surface area (Å²) in [5.74, 6) is 0.849. The van der Waals surface area contributed by atoms with Crippen LogP contribution in [0.5, 0.6) is 5.75 Å². The highest BCUT2D eigenvalue weighted by Crippen LogP contribution is 2.30. The Bertz CT molecular complexity index is 535. The minimum Gasteiger partial charge on any atom is -0.491 e. The molecular formula is C14H16BrN3O. The number of anilines is 3. The summed E-state index contributed by atoms with van der Waals surface area (Å²) < 4.78 is 6.42. The smallest absolute Gasteiger partial charge is 0.119 e. The second-order valence-corrected chi connectivity index (χ2v) is 5.26. The lowest BCUT2D eigenvalue weighted by Crippen LogP contribution is -2.05. The molecule has 0 amide bonds. The zero-order valence-corrected chi connectivity index (χ0v) is 12.4. The lowest BCUT2D eigenvalue weighted by atomic mass is 10.2. The number of rotatable bonds is 4. The number of halogens is 1. The number of aromatic nitrogens is 1. The molecule has 0 unspecified atom stereocenters. The summed E-state index contributed by atoms with van der Waals surface area (Å²) in [4.78, 5) is 4.00. The van der Waals surface area contributed by atoms with Crippen molar-refractivity contribution in [2.45, 2.75) is 20.0 Å². The fourth-order valence-electron chi connectivity index (χ4n) is 1.62. The van der Waals surface area contributed by atoms with Crippen LogP contribution in [0.1, 0.15) is 13.8 Å². The normalized spacial score (nSPS) is 10.5. The maximum Gasteiger partial charge on any atom is 0.119 e. The van der Waals surface area contributed by atoms with Crippen LogP contribution in [-0.2, 0) is 0 Å². The molecule has 4 nitrogen and oxygen atoms in total. The van der Waals surface area contributed by atoms with Crippen LogP contribution in [0.4, 0.5) is 17.1 Å². The molecule has 0 saturated carbocycles. The molecule has 0 spiro atoms. The lowest BCUT2D eigenvalue weighted by Gasteiger charge is -2.13. The summed E-state index contributed by atoms with van der Waals surface area (Å²) in [5.41, 5.74) is 8.23. The largest absolute Gasteiger partial charge is 0.491 e. The van der Waals surface area contributed by atoms with E-state index in [-0.39, 0.29) is 6.10 Å². The van der Waals surface area contributed by atoms with Gasteiger partial charge in [0.15, 0.2) is 0 Å². The molecule has 5 heteroatoms. The van der Waals surface area contributed by atoms with Gasteiger partial charge in [-0.15, -0.1) is 0 Å². The van der Waals surface area contributed by atoms with E-state index in [4.69, 9.17) is 10.5 Å². The van der Waals surface area contributed by atoms with Gasteiger partial charge in [-0.05, 0) is 54.0 Å². The van der Waals surface area contributed by atoms with E-state index in [1.165, 1.54) is 0 Å². The minimum absolute atomic E-state index is 0.170. The number of pyridine rings is 1. The molecule has 19 heavy (non-hydrogen) atoms. The Labute approximate surface area is 121 Å². The lowest BCUT2D eigenvalue weighted by molar-refractivity contribution is 0.242. The number of hydrogen-bond acceptors (Lipinski definition) is 4. The molecule has 0 aliphatic carbocycles. The number of nitrogen functional groups attached to an aromatic ring is 1. The van der Waals surface area contributed by atoms with Gasteiger partial charge in [-0.2, -0.15) is 0 Å². The van der Waals surface area contributed by atoms with E-state index in [0.717, 1.165) is 21.6 Å². The van der Waals surface area contributed by atoms with Crippen LogP contribution >= 0.6 is 15.9 Å². The summed E-state index contributed by atoms with van der Waals surface area (Å²) in [7, 11) is 0. The van der Waals surface area contributed by atoms with Gasteiger partial charge < -0.3 is 15.8 Å². The van der Waals surface area contributed by atoms with Crippen LogP contribution in [0.15, 0.2) is 41.1 Å². The molecule has 0 aliphatic heterocycles. The second-order valence-electron chi connectivity index (χ2n) is 4.40. The van der Waals surface area contributed by atoms with Gasteiger partial charge in [-0.25, -0.2) is 0 Å². The van der Waals surface area contributed by atoms with Crippen LogP contribution in [-0.4, -0.2) is 11.1 Å². The summed E-state index contributed by atoms with van der Waals surface area (Å²) in [5, 5.41) is 3.25. The Morgan fingerprint density at radius 2 is 1.89 bits per heavy atom. The number of nitrogens with two attached hydrogens (primary N) is 1. The summed E-state index contributed by atoms with van der Waals surface area (Å²) >= 11 is 3.42. The van der Waals surface area contributed by atoms with Gasteiger partial charge in [-0.1, -0.05) is 0 Å². The van der Waals surface area contributed by atoms with Crippen molar-refractivity contribution in [1.29, 1.82) is 0 Å². The van der Waals surface area contributed by atoms with Gasteiger partial charge in [0.1, 0.15) is 5.75 Å². The van der Waals surface area contributed by atoms with E-state index in [2.05, 4.69) is 26.2 Å². The summed E-state index contributed by atoms with van der Waals surface area (Å²) in [6.07, 6.45) is 3.49. The minimum atomic E-state index is 0.170. The third kappa shape index (κ3) is 3.61.